The van der Waals surface area contributed by atoms with Crippen LogP contribution < -0.4 is 10.6 Å². The van der Waals surface area contributed by atoms with E-state index in [4.69, 9.17) is 0 Å². The molecule has 4 heterocycles. The van der Waals surface area contributed by atoms with Crippen LogP contribution in [0.4, 0.5) is 8.78 Å². The molecule has 10 heteroatoms. The standard InChI is InChI=1S/C22H21BrF2N4OS.ClH/c23-15-10-27-29-7-1-2-19-14(21(15)29)9-20(31-19)22(30)28-18-11-26-6-5-13(18)12-3-4-16(24)17(25)8-12;/h3-4,8-10,13,18,26H,1-2,5-7,11H2,(H,28,30);1H/t13-,18+;/m0./s1. The molecule has 1 fully saturated rings. The molecule has 2 N–H and O–H groups in total. The molecule has 2 aromatic heterocycles. The van der Waals surface area contributed by atoms with E-state index in [2.05, 4.69) is 31.7 Å². The van der Waals surface area contributed by atoms with E-state index in [1.54, 1.807) is 12.3 Å². The van der Waals surface area contributed by atoms with Crippen molar-refractivity contribution in [3.05, 3.63) is 61.9 Å². The number of amides is 1. The minimum Gasteiger partial charge on any atom is -0.347 e. The normalized spacial score (nSPS) is 20.0. The van der Waals surface area contributed by atoms with Crippen molar-refractivity contribution in [3.8, 4) is 11.3 Å². The first-order valence-electron chi connectivity index (χ1n) is 10.3. The minimum absolute atomic E-state index is 0. The van der Waals surface area contributed by atoms with Gasteiger partial charge in [-0.2, -0.15) is 5.10 Å². The molecule has 1 saturated heterocycles. The number of rotatable bonds is 3. The number of nitrogens with one attached hydrogen (secondary N) is 2. The SMILES string of the molecule is Cl.O=C(N[C@@H]1CNCC[C@H]1c1ccc(F)c(F)c1)c1cc2c(s1)CCCn1ncc(Br)c1-2. The van der Waals surface area contributed by atoms with Crippen molar-refractivity contribution in [1.29, 1.82) is 0 Å². The number of hydrogen-bond acceptors (Lipinski definition) is 4. The van der Waals surface area contributed by atoms with Crippen molar-refractivity contribution in [2.75, 3.05) is 13.1 Å². The van der Waals surface area contributed by atoms with Crippen LogP contribution in [0.3, 0.4) is 0 Å². The quantitative estimate of drug-likeness (QED) is 0.494. The highest BCUT2D eigenvalue weighted by Crippen LogP contribution is 2.39. The van der Waals surface area contributed by atoms with E-state index < -0.39 is 11.6 Å². The van der Waals surface area contributed by atoms with Crippen LogP contribution in [0.1, 0.15) is 38.9 Å². The summed E-state index contributed by atoms with van der Waals surface area (Å²) in [4.78, 5) is 15.0. The van der Waals surface area contributed by atoms with Crippen LogP contribution >= 0.6 is 39.7 Å². The topological polar surface area (TPSA) is 59.0 Å². The number of piperidine rings is 1. The summed E-state index contributed by atoms with van der Waals surface area (Å²) in [6.45, 7) is 2.20. The zero-order valence-electron chi connectivity index (χ0n) is 17.0. The summed E-state index contributed by atoms with van der Waals surface area (Å²) in [6, 6.07) is 5.76. The van der Waals surface area contributed by atoms with Crippen molar-refractivity contribution >= 4 is 45.6 Å². The molecule has 0 spiro atoms. The molecule has 1 aromatic carbocycles. The Labute approximate surface area is 203 Å². The van der Waals surface area contributed by atoms with Crippen LogP contribution in [0.5, 0.6) is 0 Å². The Morgan fingerprint density at radius 1 is 1.28 bits per heavy atom. The minimum atomic E-state index is -0.858. The van der Waals surface area contributed by atoms with Crippen molar-refractivity contribution < 1.29 is 13.6 Å². The Morgan fingerprint density at radius 2 is 2.12 bits per heavy atom. The van der Waals surface area contributed by atoms with Crippen LogP contribution in [0.25, 0.3) is 11.3 Å². The molecule has 0 bridgehead atoms. The number of thiophene rings is 1. The Hall–Kier alpha value is -1.81. The molecule has 2 aliphatic rings. The van der Waals surface area contributed by atoms with E-state index in [1.165, 1.54) is 22.3 Å². The van der Waals surface area contributed by atoms with Crippen LogP contribution in [0.15, 0.2) is 34.9 Å². The highest BCUT2D eigenvalue weighted by molar-refractivity contribution is 9.10. The van der Waals surface area contributed by atoms with E-state index in [1.807, 2.05) is 10.7 Å². The van der Waals surface area contributed by atoms with Gasteiger partial charge in [0.2, 0.25) is 0 Å². The second-order valence-corrected chi connectivity index (χ2v) is 9.96. The molecule has 5 nitrogen and oxygen atoms in total. The molecule has 32 heavy (non-hydrogen) atoms. The molecular weight excluding hydrogens is 522 g/mol. The van der Waals surface area contributed by atoms with E-state index in [-0.39, 0.29) is 30.3 Å². The second kappa shape index (κ2) is 9.59. The fourth-order valence-corrected chi connectivity index (χ4v) is 6.12. The van der Waals surface area contributed by atoms with Gasteiger partial charge in [0.1, 0.15) is 0 Å². The van der Waals surface area contributed by atoms with E-state index in [0.717, 1.165) is 54.1 Å². The average Bonchev–Trinajstić information content (AvgIpc) is 3.29. The van der Waals surface area contributed by atoms with Crippen LogP contribution in [0.2, 0.25) is 0 Å². The number of fused-ring (bicyclic) bond motifs is 3. The van der Waals surface area contributed by atoms with Gasteiger partial charge in [0.05, 0.1) is 21.2 Å². The summed E-state index contributed by atoms with van der Waals surface area (Å²) in [6.07, 6.45) is 4.41. The monoisotopic (exact) mass is 542 g/mol. The maximum absolute atomic E-state index is 13.8. The molecule has 3 aromatic rings. The maximum Gasteiger partial charge on any atom is 0.261 e. The molecule has 5 rings (SSSR count). The number of hydrogen-bond donors (Lipinski definition) is 2. The lowest BCUT2D eigenvalue weighted by Gasteiger charge is -2.33. The Balaban J connectivity index is 0.00000245. The van der Waals surface area contributed by atoms with Gasteiger partial charge in [-0.15, -0.1) is 23.7 Å². The smallest absolute Gasteiger partial charge is 0.261 e. The third-order valence-corrected chi connectivity index (χ3v) is 7.80. The Morgan fingerprint density at radius 3 is 2.94 bits per heavy atom. The van der Waals surface area contributed by atoms with Crippen molar-refractivity contribution in [2.45, 2.75) is 37.8 Å². The molecule has 0 radical (unpaired) electrons. The van der Waals surface area contributed by atoms with E-state index in [0.29, 0.717) is 17.0 Å². The van der Waals surface area contributed by atoms with E-state index >= 15 is 0 Å². The number of aromatic nitrogens is 2. The summed E-state index contributed by atoms with van der Waals surface area (Å²) >= 11 is 5.10. The fraction of sp³-hybridized carbons (Fsp3) is 0.364. The van der Waals surface area contributed by atoms with Gasteiger partial charge < -0.3 is 10.6 Å². The second-order valence-electron chi connectivity index (χ2n) is 7.97. The predicted octanol–water partition coefficient (Wildman–Crippen LogP) is 4.90. The highest BCUT2D eigenvalue weighted by Gasteiger charge is 2.30. The summed E-state index contributed by atoms with van der Waals surface area (Å²) in [5, 5.41) is 10.9. The fourth-order valence-electron chi connectivity index (χ4n) is 4.51. The lowest BCUT2D eigenvalue weighted by molar-refractivity contribution is 0.0928. The van der Waals surface area contributed by atoms with Gasteiger partial charge in [-0.05, 0) is 65.5 Å². The average molecular weight is 544 g/mol. The molecule has 170 valence electrons. The number of benzene rings is 1. The number of halogens is 4. The van der Waals surface area contributed by atoms with Gasteiger partial charge in [-0.3, -0.25) is 9.48 Å². The molecular formula is C22H22BrClF2N4OS. The molecule has 0 unspecified atom stereocenters. The zero-order valence-corrected chi connectivity index (χ0v) is 20.3. The van der Waals surface area contributed by atoms with Gasteiger partial charge in [0, 0.05) is 35.5 Å². The number of aryl methyl sites for hydroxylation is 2. The molecule has 0 aliphatic carbocycles. The number of carbonyl (C=O) groups excluding carboxylic acids is 1. The third kappa shape index (κ3) is 4.35. The van der Waals surface area contributed by atoms with Gasteiger partial charge in [-0.1, -0.05) is 6.07 Å². The zero-order chi connectivity index (χ0) is 21.5. The van der Waals surface area contributed by atoms with Crippen molar-refractivity contribution in [3.63, 3.8) is 0 Å². The largest absolute Gasteiger partial charge is 0.347 e. The predicted molar refractivity (Wildman–Crippen MR) is 127 cm³/mol. The summed E-state index contributed by atoms with van der Waals surface area (Å²) in [7, 11) is 0. The molecule has 1 amide bonds. The van der Waals surface area contributed by atoms with Gasteiger partial charge in [-0.25, -0.2) is 8.78 Å². The lowest BCUT2D eigenvalue weighted by atomic mass is 9.86. The van der Waals surface area contributed by atoms with Gasteiger partial charge in [0.15, 0.2) is 11.6 Å². The number of carbonyl (C=O) groups is 1. The first-order valence-corrected chi connectivity index (χ1v) is 11.9. The van der Waals surface area contributed by atoms with Crippen LogP contribution in [0, 0.1) is 11.6 Å². The maximum atomic E-state index is 13.8. The molecule has 0 saturated carbocycles. The number of nitrogens with zero attached hydrogens (tertiary/aromatic N) is 2. The first-order chi connectivity index (χ1) is 15.0. The lowest BCUT2D eigenvalue weighted by Crippen LogP contribution is -2.49. The third-order valence-electron chi connectivity index (χ3n) is 6.03. The molecule has 2 aliphatic heterocycles. The van der Waals surface area contributed by atoms with Gasteiger partial charge >= 0.3 is 0 Å². The van der Waals surface area contributed by atoms with Crippen molar-refractivity contribution in [2.24, 2.45) is 0 Å². The highest BCUT2D eigenvalue weighted by atomic mass is 79.9. The van der Waals surface area contributed by atoms with Crippen LogP contribution in [-0.2, 0) is 13.0 Å². The Kier molecular flexibility index (Phi) is 7.00. The van der Waals surface area contributed by atoms with Crippen LogP contribution in [-0.4, -0.2) is 34.8 Å². The summed E-state index contributed by atoms with van der Waals surface area (Å²) < 4.78 is 30.1. The van der Waals surface area contributed by atoms with Gasteiger partial charge in [0.25, 0.3) is 5.91 Å². The molecule has 2 atom stereocenters. The van der Waals surface area contributed by atoms with Crippen molar-refractivity contribution in [1.82, 2.24) is 20.4 Å². The van der Waals surface area contributed by atoms with E-state index in [9.17, 15) is 13.6 Å². The summed E-state index contributed by atoms with van der Waals surface area (Å²) in [5.41, 5.74) is 2.78. The first kappa shape index (κ1) is 23.4. The Bertz CT molecular complexity index is 1150. The summed E-state index contributed by atoms with van der Waals surface area (Å²) in [5.74, 6) is -1.93.